The molecule has 0 unspecified atom stereocenters. The van der Waals surface area contributed by atoms with Crippen LogP contribution in [-0.2, 0) is 0 Å². The Labute approximate surface area is 144 Å². The molecule has 0 aliphatic rings. The van der Waals surface area contributed by atoms with Gasteiger partial charge >= 0.3 is 0 Å². The maximum absolute atomic E-state index is 12.5. The van der Waals surface area contributed by atoms with Gasteiger partial charge in [-0.15, -0.1) is 0 Å². The quantitative estimate of drug-likeness (QED) is 0.750. The smallest absolute Gasteiger partial charge is 0.258 e. The number of ether oxygens (including phenoxy) is 1. The van der Waals surface area contributed by atoms with E-state index >= 15 is 0 Å². The number of hydrogen-bond donors (Lipinski definition) is 2. The van der Waals surface area contributed by atoms with Crippen molar-refractivity contribution in [1.29, 1.82) is 0 Å². The second kappa shape index (κ2) is 6.60. The van der Waals surface area contributed by atoms with Crippen molar-refractivity contribution >= 4 is 17.7 Å². The van der Waals surface area contributed by atoms with Gasteiger partial charge in [-0.05, 0) is 32.0 Å². The minimum absolute atomic E-state index is 0.174. The van der Waals surface area contributed by atoms with E-state index in [4.69, 9.17) is 15.0 Å². The van der Waals surface area contributed by atoms with Crippen molar-refractivity contribution in [3.05, 3.63) is 47.4 Å². The fourth-order valence-corrected chi connectivity index (χ4v) is 2.26. The number of methoxy groups -OCH3 is 1. The summed E-state index contributed by atoms with van der Waals surface area (Å²) in [4.78, 5) is 20.5. The van der Waals surface area contributed by atoms with Crippen LogP contribution in [0.2, 0.25) is 0 Å². The van der Waals surface area contributed by atoms with Crippen LogP contribution in [0.1, 0.15) is 21.6 Å². The van der Waals surface area contributed by atoms with Gasteiger partial charge in [0.05, 0.1) is 12.8 Å². The molecule has 0 bridgehead atoms. The summed E-state index contributed by atoms with van der Waals surface area (Å²) in [6, 6.07) is 5.06. The van der Waals surface area contributed by atoms with E-state index in [9.17, 15) is 4.79 Å². The second-order valence-corrected chi connectivity index (χ2v) is 5.42. The van der Waals surface area contributed by atoms with Crippen LogP contribution in [0.5, 0.6) is 5.75 Å². The first-order valence-electron chi connectivity index (χ1n) is 7.49. The van der Waals surface area contributed by atoms with Crippen LogP contribution < -0.4 is 15.8 Å². The van der Waals surface area contributed by atoms with Crippen LogP contribution in [0.3, 0.4) is 0 Å². The highest BCUT2D eigenvalue weighted by molar-refractivity contribution is 6.04. The van der Waals surface area contributed by atoms with E-state index in [0.717, 1.165) is 11.3 Å². The number of nitrogens with one attached hydrogen (secondary N) is 1. The standard InChI is InChI=1S/C17H17N5O3/c1-9-10(2)22-25-16(9)21-15(23)11-4-5-14(24-3)13(6-11)12-7-19-17(18)20-8-12/h4-8H,1-3H3,(H,21,23)(H2,18,19,20). The third-order valence-electron chi connectivity index (χ3n) is 3.83. The molecule has 3 rings (SSSR count). The van der Waals surface area contributed by atoms with E-state index in [1.54, 1.807) is 44.6 Å². The third kappa shape index (κ3) is 3.27. The number of amides is 1. The van der Waals surface area contributed by atoms with Gasteiger partial charge in [-0.25, -0.2) is 9.97 Å². The number of carbonyl (C=O) groups excluding carboxylic acids is 1. The van der Waals surface area contributed by atoms with Crippen molar-refractivity contribution in [1.82, 2.24) is 15.1 Å². The summed E-state index contributed by atoms with van der Waals surface area (Å²) >= 11 is 0. The first kappa shape index (κ1) is 16.4. The Balaban J connectivity index is 1.94. The van der Waals surface area contributed by atoms with Gasteiger partial charge in [-0.2, -0.15) is 0 Å². The van der Waals surface area contributed by atoms with Gasteiger partial charge in [0.15, 0.2) is 0 Å². The fourth-order valence-electron chi connectivity index (χ4n) is 2.26. The van der Waals surface area contributed by atoms with Gasteiger partial charge in [-0.3, -0.25) is 10.1 Å². The average molecular weight is 339 g/mol. The molecule has 0 saturated heterocycles. The van der Waals surface area contributed by atoms with Crippen molar-refractivity contribution in [3.63, 3.8) is 0 Å². The van der Waals surface area contributed by atoms with Crippen LogP contribution in [0.4, 0.5) is 11.8 Å². The summed E-state index contributed by atoms with van der Waals surface area (Å²) in [6.45, 7) is 3.63. The Bertz CT molecular complexity index is 919. The molecule has 3 aromatic rings. The third-order valence-corrected chi connectivity index (χ3v) is 3.83. The molecule has 0 atom stereocenters. The van der Waals surface area contributed by atoms with Crippen LogP contribution >= 0.6 is 0 Å². The molecule has 3 N–H and O–H groups in total. The lowest BCUT2D eigenvalue weighted by atomic mass is 10.0. The van der Waals surface area contributed by atoms with Crippen molar-refractivity contribution in [2.75, 3.05) is 18.2 Å². The number of benzene rings is 1. The zero-order valence-electron chi connectivity index (χ0n) is 14.0. The molecule has 0 spiro atoms. The zero-order chi connectivity index (χ0) is 18.0. The monoisotopic (exact) mass is 339 g/mol. The van der Waals surface area contributed by atoms with Crippen LogP contribution in [0.15, 0.2) is 35.1 Å². The number of rotatable bonds is 4. The van der Waals surface area contributed by atoms with E-state index in [-0.39, 0.29) is 11.9 Å². The molecule has 128 valence electrons. The average Bonchev–Trinajstić information content (AvgIpc) is 2.94. The number of hydrogen-bond acceptors (Lipinski definition) is 7. The normalized spacial score (nSPS) is 10.5. The molecule has 0 saturated carbocycles. The minimum Gasteiger partial charge on any atom is -0.496 e. The molecule has 0 radical (unpaired) electrons. The Morgan fingerprint density at radius 3 is 2.56 bits per heavy atom. The highest BCUT2D eigenvalue weighted by Crippen LogP contribution is 2.30. The molecular weight excluding hydrogens is 322 g/mol. The van der Waals surface area contributed by atoms with Gasteiger partial charge in [0.1, 0.15) is 5.75 Å². The highest BCUT2D eigenvalue weighted by Gasteiger charge is 2.16. The van der Waals surface area contributed by atoms with Crippen LogP contribution in [0, 0.1) is 13.8 Å². The Morgan fingerprint density at radius 2 is 1.96 bits per heavy atom. The molecular formula is C17H17N5O3. The molecule has 1 amide bonds. The Morgan fingerprint density at radius 1 is 1.24 bits per heavy atom. The predicted molar refractivity (Wildman–Crippen MR) is 92.4 cm³/mol. The second-order valence-electron chi connectivity index (χ2n) is 5.42. The SMILES string of the molecule is COc1ccc(C(=O)Nc2onc(C)c2C)cc1-c1cnc(N)nc1. The maximum Gasteiger partial charge on any atom is 0.258 e. The fraction of sp³-hybridized carbons (Fsp3) is 0.176. The summed E-state index contributed by atoms with van der Waals surface area (Å²) < 4.78 is 10.5. The number of aryl methyl sites for hydroxylation is 1. The topological polar surface area (TPSA) is 116 Å². The van der Waals surface area contributed by atoms with Gasteiger partial charge in [-0.1, -0.05) is 5.16 Å². The van der Waals surface area contributed by atoms with E-state index < -0.39 is 0 Å². The molecule has 2 aromatic heterocycles. The van der Waals surface area contributed by atoms with Gasteiger partial charge < -0.3 is 15.0 Å². The van der Waals surface area contributed by atoms with Crippen molar-refractivity contribution in [3.8, 4) is 16.9 Å². The lowest BCUT2D eigenvalue weighted by Gasteiger charge is -2.10. The first-order chi connectivity index (χ1) is 12.0. The molecule has 0 aliphatic carbocycles. The molecule has 8 nitrogen and oxygen atoms in total. The summed E-state index contributed by atoms with van der Waals surface area (Å²) in [5.41, 5.74) is 8.83. The lowest BCUT2D eigenvalue weighted by molar-refractivity contribution is 0.102. The van der Waals surface area contributed by atoms with E-state index in [1.165, 1.54) is 0 Å². The van der Waals surface area contributed by atoms with Crippen molar-refractivity contribution in [2.24, 2.45) is 0 Å². The molecule has 1 aromatic carbocycles. The number of anilines is 2. The highest BCUT2D eigenvalue weighted by atomic mass is 16.5. The molecule has 25 heavy (non-hydrogen) atoms. The zero-order valence-corrected chi connectivity index (χ0v) is 14.0. The van der Waals surface area contributed by atoms with E-state index in [2.05, 4.69) is 20.4 Å². The molecule has 8 heteroatoms. The first-order valence-corrected chi connectivity index (χ1v) is 7.49. The maximum atomic E-state index is 12.5. The van der Waals surface area contributed by atoms with E-state index in [1.807, 2.05) is 6.92 Å². The summed E-state index contributed by atoms with van der Waals surface area (Å²) in [7, 11) is 1.55. The number of nitrogens with two attached hydrogens (primary N) is 1. The lowest BCUT2D eigenvalue weighted by Crippen LogP contribution is -2.12. The Hall–Kier alpha value is -3.42. The largest absolute Gasteiger partial charge is 0.496 e. The summed E-state index contributed by atoms with van der Waals surface area (Å²) in [5, 5.41) is 6.54. The minimum atomic E-state index is -0.320. The predicted octanol–water partition coefficient (Wildman–Crippen LogP) is 2.59. The summed E-state index contributed by atoms with van der Waals surface area (Å²) in [5.74, 6) is 0.777. The summed E-state index contributed by atoms with van der Waals surface area (Å²) in [6.07, 6.45) is 3.15. The van der Waals surface area contributed by atoms with Crippen LogP contribution in [-0.4, -0.2) is 28.1 Å². The molecule has 0 fully saturated rings. The van der Waals surface area contributed by atoms with Crippen molar-refractivity contribution < 1.29 is 14.1 Å². The van der Waals surface area contributed by atoms with Crippen LogP contribution in [0.25, 0.3) is 11.1 Å². The van der Waals surface area contributed by atoms with Gasteiger partial charge in [0, 0.05) is 34.6 Å². The number of carbonyl (C=O) groups is 1. The number of nitrogens with zero attached hydrogens (tertiary/aromatic N) is 3. The molecule has 0 aliphatic heterocycles. The Kier molecular flexibility index (Phi) is 4.34. The van der Waals surface area contributed by atoms with E-state index in [0.29, 0.717) is 28.3 Å². The molecule has 2 heterocycles. The van der Waals surface area contributed by atoms with Gasteiger partial charge in [0.2, 0.25) is 11.8 Å². The number of nitrogen functional groups attached to an aromatic ring is 1. The number of aromatic nitrogens is 3. The van der Waals surface area contributed by atoms with Gasteiger partial charge in [0.25, 0.3) is 5.91 Å². The van der Waals surface area contributed by atoms with Crippen molar-refractivity contribution in [2.45, 2.75) is 13.8 Å².